The van der Waals surface area contributed by atoms with E-state index in [4.69, 9.17) is 16.6 Å². The van der Waals surface area contributed by atoms with Gasteiger partial charge >= 0.3 is 0 Å². The highest BCUT2D eigenvalue weighted by molar-refractivity contribution is 6.30. The number of hydrogen-bond acceptors (Lipinski definition) is 4. The van der Waals surface area contributed by atoms with Gasteiger partial charge in [-0.05, 0) is 55.5 Å². The summed E-state index contributed by atoms with van der Waals surface area (Å²) in [4.78, 5) is 4.91. The topological polar surface area (TPSA) is 56.6 Å². The van der Waals surface area contributed by atoms with Gasteiger partial charge in [0.25, 0.3) is 0 Å². The largest absolute Gasteiger partial charge is 0.393 e. The fourth-order valence-electron chi connectivity index (χ4n) is 3.72. The zero-order valence-electron chi connectivity index (χ0n) is 14.0. The molecular weight excluding hydrogens is 334 g/mol. The van der Waals surface area contributed by atoms with Crippen molar-refractivity contribution >= 4 is 28.8 Å². The molecule has 4 rings (SSSR count). The minimum absolute atomic E-state index is 0.209. The van der Waals surface area contributed by atoms with E-state index in [0.29, 0.717) is 6.54 Å². The molecule has 0 amide bonds. The molecule has 1 fully saturated rings. The number of aliphatic hydroxyl groups excluding tert-OH is 1. The quantitative estimate of drug-likeness (QED) is 0.754. The summed E-state index contributed by atoms with van der Waals surface area (Å²) in [6, 6.07) is 16.0. The van der Waals surface area contributed by atoms with E-state index in [9.17, 15) is 5.11 Å². The van der Waals surface area contributed by atoms with E-state index in [-0.39, 0.29) is 11.6 Å². The predicted octanol–water partition coefficient (Wildman–Crippen LogP) is 4.26. The van der Waals surface area contributed by atoms with Crippen LogP contribution in [0.15, 0.2) is 53.5 Å². The molecule has 130 valence electrons. The minimum Gasteiger partial charge on any atom is -0.393 e. The summed E-state index contributed by atoms with van der Waals surface area (Å²) in [5.41, 5.74) is 2.91. The third-order valence-corrected chi connectivity index (χ3v) is 5.36. The van der Waals surface area contributed by atoms with Crippen LogP contribution in [0.1, 0.15) is 31.2 Å². The molecule has 0 saturated heterocycles. The zero-order chi connectivity index (χ0) is 17.3. The summed E-state index contributed by atoms with van der Waals surface area (Å²) in [6.45, 7) is 0.674. The number of hydrogen-bond donors (Lipinski definition) is 3. The maximum absolute atomic E-state index is 9.94. The summed E-state index contributed by atoms with van der Waals surface area (Å²) in [5, 5.41) is 17.9. The summed E-state index contributed by atoms with van der Waals surface area (Å²) in [5.74, 6) is 0.957. The molecule has 1 spiro atoms. The molecule has 2 aromatic rings. The van der Waals surface area contributed by atoms with Crippen LogP contribution in [0.2, 0.25) is 5.02 Å². The Morgan fingerprint density at radius 2 is 1.96 bits per heavy atom. The second-order valence-corrected chi connectivity index (χ2v) is 7.34. The van der Waals surface area contributed by atoms with Crippen molar-refractivity contribution in [2.75, 3.05) is 5.32 Å². The lowest BCUT2D eigenvalue weighted by atomic mass is 9.78. The van der Waals surface area contributed by atoms with E-state index in [0.717, 1.165) is 53.5 Å². The fraction of sp³-hybridized carbons (Fsp3) is 0.350. The van der Waals surface area contributed by atoms with Crippen molar-refractivity contribution in [2.24, 2.45) is 4.99 Å². The number of benzene rings is 2. The number of nitrogens with one attached hydrogen (secondary N) is 2. The van der Waals surface area contributed by atoms with Crippen LogP contribution in [0.4, 0.5) is 11.4 Å². The van der Waals surface area contributed by atoms with Crippen LogP contribution in [-0.4, -0.2) is 22.6 Å². The molecule has 0 radical (unpaired) electrons. The van der Waals surface area contributed by atoms with Gasteiger partial charge in [-0.15, -0.1) is 0 Å². The highest BCUT2D eigenvalue weighted by Crippen LogP contribution is 2.40. The average Bonchev–Trinajstić information content (AvgIpc) is 2.62. The lowest BCUT2D eigenvalue weighted by Crippen LogP contribution is -2.56. The summed E-state index contributed by atoms with van der Waals surface area (Å²) < 4.78 is 0. The number of para-hydroxylation sites is 2. The minimum atomic E-state index is -0.230. The molecule has 1 heterocycles. The van der Waals surface area contributed by atoms with Crippen LogP contribution in [0.25, 0.3) is 0 Å². The van der Waals surface area contributed by atoms with Crippen molar-refractivity contribution in [1.29, 1.82) is 0 Å². The van der Waals surface area contributed by atoms with E-state index >= 15 is 0 Å². The number of halogens is 1. The second-order valence-electron chi connectivity index (χ2n) is 6.90. The maximum atomic E-state index is 9.94. The van der Waals surface area contributed by atoms with Gasteiger partial charge in [0.1, 0.15) is 5.84 Å². The SMILES string of the molecule is OC1CCC2(CC1)Nc1ccccc1N=C2NCc1cccc(Cl)c1. The van der Waals surface area contributed by atoms with Crippen molar-refractivity contribution in [3.8, 4) is 0 Å². The number of anilines is 1. The van der Waals surface area contributed by atoms with Gasteiger partial charge < -0.3 is 15.7 Å². The van der Waals surface area contributed by atoms with E-state index in [1.54, 1.807) is 0 Å². The Bertz CT molecular complexity index is 797. The molecule has 1 saturated carbocycles. The molecule has 25 heavy (non-hydrogen) atoms. The van der Waals surface area contributed by atoms with Gasteiger partial charge in [0.2, 0.25) is 0 Å². The first kappa shape index (κ1) is 16.4. The summed E-state index contributed by atoms with van der Waals surface area (Å²) >= 11 is 6.09. The van der Waals surface area contributed by atoms with E-state index < -0.39 is 0 Å². The number of nitrogens with zero attached hydrogens (tertiary/aromatic N) is 1. The molecule has 3 N–H and O–H groups in total. The predicted molar refractivity (Wildman–Crippen MR) is 103 cm³/mol. The summed E-state index contributed by atoms with van der Waals surface area (Å²) in [7, 11) is 0. The van der Waals surface area contributed by atoms with Crippen LogP contribution in [-0.2, 0) is 6.54 Å². The van der Waals surface area contributed by atoms with E-state index in [1.165, 1.54) is 0 Å². The molecule has 2 aliphatic rings. The average molecular weight is 356 g/mol. The highest BCUT2D eigenvalue weighted by Gasteiger charge is 2.42. The Morgan fingerprint density at radius 1 is 1.16 bits per heavy atom. The number of rotatable bonds is 2. The van der Waals surface area contributed by atoms with Gasteiger partial charge in [0.05, 0.1) is 23.0 Å². The Kier molecular flexibility index (Phi) is 4.40. The molecule has 0 atom stereocenters. The maximum Gasteiger partial charge on any atom is 0.128 e. The Morgan fingerprint density at radius 3 is 2.76 bits per heavy atom. The van der Waals surface area contributed by atoms with Crippen LogP contribution >= 0.6 is 11.6 Å². The number of fused-ring (bicyclic) bond motifs is 1. The molecule has 0 aromatic heterocycles. The molecule has 0 bridgehead atoms. The molecule has 1 aliphatic carbocycles. The van der Waals surface area contributed by atoms with Crippen molar-refractivity contribution in [1.82, 2.24) is 5.32 Å². The fourth-order valence-corrected chi connectivity index (χ4v) is 3.93. The van der Waals surface area contributed by atoms with Gasteiger partial charge in [-0.1, -0.05) is 35.9 Å². The molecular formula is C20H22ClN3O. The lowest BCUT2D eigenvalue weighted by Gasteiger charge is -2.43. The van der Waals surface area contributed by atoms with Gasteiger partial charge in [0.15, 0.2) is 0 Å². The molecule has 5 heteroatoms. The Balaban J connectivity index is 1.62. The van der Waals surface area contributed by atoms with Crippen LogP contribution in [0.5, 0.6) is 0 Å². The van der Waals surface area contributed by atoms with E-state index in [1.807, 2.05) is 36.4 Å². The van der Waals surface area contributed by atoms with Crippen LogP contribution < -0.4 is 10.6 Å². The standard InChI is InChI=1S/C20H22ClN3O/c21-15-5-3-4-14(12-15)13-22-19-20(10-8-16(25)9-11-20)24-18-7-2-1-6-17(18)23-19/h1-7,12,16,24-25H,8-11,13H2,(H,22,23). The van der Waals surface area contributed by atoms with Crippen LogP contribution in [0.3, 0.4) is 0 Å². The Hall–Kier alpha value is -2.04. The Labute approximate surface area is 152 Å². The second kappa shape index (κ2) is 6.70. The smallest absolute Gasteiger partial charge is 0.128 e. The van der Waals surface area contributed by atoms with Gasteiger partial charge in [-0.3, -0.25) is 0 Å². The van der Waals surface area contributed by atoms with Gasteiger partial charge in [0, 0.05) is 11.6 Å². The molecule has 1 aliphatic heterocycles. The molecule has 0 unspecified atom stereocenters. The highest BCUT2D eigenvalue weighted by atomic mass is 35.5. The molecule has 2 aromatic carbocycles. The summed E-state index contributed by atoms with van der Waals surface area (Å²) in [6.07, 6.45) is 3.09. The van der Waals surface area contributed by atoms with Gasteiger partial charge in [-0.25, -0.2) is 4.99 Å². The van der Waals surface area contributed by atoms with Crippen molar-refractivity contribution in [3.05, 3.63) is 59.1 Å². The van der Waals surface area contributed by atoms with Crippen LogP contribution in [0, 0.1) is 0 Å². The third-order valence-electron chi connectivity index (χ3n) is 5.12. The normalized spacial score (nSPS) is 25.0. The zero-order valence-corrected chi connectivity index (χ0v) is 14.8. The monoisotopic (exact) mass is 355 g/mol. The lowest BCUT2D eigenvalue weighted by molar-refractivity contribution is 0.116. The number of amidine groups is 1. The number of aliphatic imine (C=N–C) groups is 1. The first-order valence-corrected chi connectivity index (χ1v) is 9.15. The first-order chi connectivity index (χ1) is 12.1. The van der Waals surface area contributed by atoms with Gasteiger partial charge in [-0.2, -0.15) is 0 Å². The number of aliphatic hydroxyl groups is 1. The first-order valence-electron chi connectivity index (χ1n) is 8.77. The van der Waals surface area contributed by atoms with E-state index in [2.05, 4.69) is 22.8 Å². The molecule has 4 nitrogen and oxygen atoms in total. The van der Waals surface area contributed by atoms with Crippen molar-refractivity contribution in [3.63, 3.8) is 0 Å². The third kappa shape index (κ3) is 3.37. The van der Waals surface area contributed by atoms with Crippen molar-refractivity contribution < 1.29 is 5.11 Å². The van der Waals surface area contributed by atoms with Crippen molar-refractivity contribution in [2.45, 2.75) is 43.9 Å².